The number of nitrogens with one attached hydrogen (secondary N) is 2. The summed E-state index contributed by atoms with van der Waals surface area (Å²) in [6.45, 7) is 7.42. The summed E-state index contributed by atoms with van der Waals surface area (Å²) in [5.74, 6) is 0.579. The summed E-state index contributed by atoms with van der Waals surface area (Å²) >= 11 is 0. The SMILES string of the molecule is Cc1cn[nH]c1[C@@H]1CCCN(Cc2nc[nH]c2C)C1. The van der Waals surface area contributed by atoms with Crippen LogP contribution in [0.4, 0.5) is 0 Å². The molecule has 0 spiro atoms. The van der Waals surface area contributed by atoms with E-state index in [2.05, 4.69) is 38.9 Å². The van der Waals surface area contributed by atoms with Gasteiger partial charge < -0.3 is 4.98 Å². The van der Waals surface area contributed by atoms with Gasteiger partial charge in [-0.15, -0.1) is 0 Å². The zero-order chi connectivity index (χ0) is 13.2. The highest BCUT2D eigenvalue weighted by atomic mass is 15.2. The average Bonchev–Trinajstić information content (AvgIpc) is 3.00. The number of piperidine rings is 1. The molecule has 2 aromatic rings. The fraction of sp³-hybridized carbons (Fsp3) is 0.571. The number of aryl methyl sites for hydroxylation is 2. The van der Waals surface area contributed by atoms with Gasteiger partial charge in [0.05, 0.1) is 18.2 Å². The zero-order valence-corrected chi connectivity index (χ0v) is 11.6. The molecule has 0 amide bonds. The number of rotatable bonds is 3. The first-order valence-electron chi connectivity index (χ1n) is 6.95. The van der Waals surface area contributed by atoms with Crippen molar-refractivity contribution in [3.63, 3.8) is 0 Å². The van der Waals surface area contributed by atoms with Crippen LogP contribution in [-0.2, 0) is 6.54 Å². The lowest BCUT2D eigenvalue weighted by Gasteiger charge is -2.32. The first-order valence-corrected chi connectivity index (χ1v) is 6.95. The molecule has 1 fully saturated rings. The fourth-order valence-electron chi connectivity index (χ4n) is 2.96. The van der Waals surface area contributed by atoms with E-state index in [4.69, 9.17) is 0 Å². The highest BCUT2D eigenvalue weighted by molar-refractivity contribution is 5.19. The molecule has 1 atom stereocenters. The molecule has 1 aliphatic rings. The van der Waals surface area contributed by atoms with Crippen LogP contribution >= 0.6 is 0 Å². The van der Waals surface area contributed by atoms with Crippen LogP contribution in [0, 0.1) is 13.8 Å². The molecule has 0 aromatic carbocycles. The second-order valence-electron chi connectivity index (χ2n) is 5.52. The van der Waals surface area contributed by atoms with Crippen LogP contribution in [0.25, 0.3) is 0 Å². The van der Waals surface area contributed by atoms with Crippen LogP contribution < -0.4 is 0 Å². The van der Waals surface area contributed by atoms with E-state index >= 15 is 0 Å². The van der Waals surface area contributed by atoms with Crippen molar-refractivity contribution in [3.05, 3.63) is 35.2 Å². The second-order valence-corrected chi connectivity index (χ2v) is 5.52. The monoisotopic (exact) mass is 259 g/mol. The summed E-state index contributed by atoms with van der Waals surface area (Å²) in [6.07, 6.45) is 6.20. The largest absolute Gasteiger partial charge is 0.348 e. The summed E-state index contributed by atoms with van der Waals surface area (Å²) in [4.78, 5) is 10.0. The maximum atomic E-state index is 4.40. The normalized spacial score (nSPS) is 20.8. The van der Waals surface area contributed by atoms with Gasteiger partial charge in [0.15, 0.2) is 0 Å². The molecule has 0 aliphatic carbocycles. The van der Waals surface area contributed by atoms with Gasteiger partial charge >= 0.3 is 0 Å². The van der Waals surface area contributed by atoms with Crippen molar-refractivity contribution >= 4 is 0 Å². The molecular formula is C14H21N5. The molecule has 1 saturated heterocycles. The molecule has 2 aromatic heterocycles. The minimum atomic E-state index is 0.579. The molecular weight excluding hydrogens is 238 g/mol. The highest BCUT2D eigenvalue weighted by Gasteiger charge is 2.24. The first-order chi connectivity index (χ1) is 9.24. The Hall–Kier alpha value is -1.62. The van der Waals surface area contributed by atoms with Crippen molar-refractivity contribution in [3.8, 4) is 0 Å². The van der Waals surface area contributed by atoms with Crippen LogP contribution in [0.3, 0.4) is 0 Å². The standard InChI is InChI=1S/C14H21N5/c1-10-6-17-18-14(10)12-4-3-5-19(7-12)8-13-11(2)15-9-16-13/h6,9,12H,3-5,7-8H2,1-2H3,(H,15,16)(H,17,18)/t12-/m1/s1. The number of likely N-dealkylation sites (tertiary alicyclic amines) is 1. The quantitative estimate of drug-likeness (QED) is 0.887. The smallest absolute Gasteiger partial charge is 0.0925 e. The van der Waals surface area contributed by atoms with E-state index in [1.54, 1.807) is 6.33 Å². The summed E-state index contributed by atoms with van der Waals surface area (Å²) in [6, 6.07) is 0. The van der Waals surface area contributed by atoms with E-state index in [0.717, 1.165) is 19.6 Å². The lowest BCUT2D eigenvalue weighted by molar-refractivity contribution is 0.196. The molecule has 3 rings (SSSR count). The van der Waals surface area contributed by atoms with E-state index in [1.165, 1.54) is 35.5 Å². The van der Waals surface area contributed by atoms with Gasteiger partial charge in [-0.05, 0) is 38.8 Å². The van der Waals surface area contributed by atoms with E-state index < -0.39 is 0 Å². The minimum absolute atomic E-state index is 0.579. The number of nitrogens with zero attached hydrogens (tertiary/aromatic N) is 3. The number of hydrogen-bond acceptors (Lipinski definition) is 3. The van der Waals surface area contributed by atoms with Crippen LogP contribution in [0.1, 0.15) is 41.4 Å². The van der Waals surface area contributed by atoms with E-state index in [1.807, 2.05) is 6.20 Å². The van der Waals surface area contributed by atoms with Gasteiger partial charge in [-0.3, -0.25) is 10.00 Å². The van der Waals surface area contributed by atoms with E-state index in [9.17, 15) is 0 Å². The summed E-state index contributed by atoms with van der Waals surface area (Å²) in [5, 5.41) is 7.32. The molecule has 5 nitrogen and oxygen atoms in total. The van der Waals surface area contributed by atoms with Crippen molar-refractivity contribution < 1.29 is 0 Å². The van der Waals surface area contributed by atoms with Gasteiger partial charge in [-0.1, -0.05) is 0 Å². The number of hydrogen-bond donors (Lipinski definition) is 2. The number of aromatic nitrogens is 4. The Bertz CT molecular complexity index is 542. The van der Waals surface area contributed by atoms with Gasteiger partial charge in [0, 0.05) is 30.4 Å². The molecule has 0 radical (unpaired) electrons. The Morgan fingerprint density at radius 3 is 3.00 bits per heavy atom. The predicted octanol–water partition coefficient (Wildman–Crippen LogP) is 2.13. The summed E-state index contributed by atoms with van der Waals surface area (Å²) in [7, 11) is 0. The third-order valence-corrected chi connectivity index (χ3v) is 4.09. The Balaban J connectivity index is 1.68. The maximum absolute atomic E-state index is 4.40. The van der Waals surface area contributed by atoms with Gasteiger partial charge in [0.1, 0.15) is 0 Å². The molecule has 2 N–H and O–H groups in total. The fourth-order valence-corrected chi connectivity index (χ4v) is 2.96. The highest BCUT2D eigenvalue weighted by Crippen LogP contribution is 2.28. The van der Waals surface area contributed by atoms with Crippen molar-refractivity contribution in [1.82, 2.24) is 25.1 Å². The third-order valence-electron chi connectivity index (χ3n) is 4.09. The molecule has 19 heavy (non-hydrogen) atoms. The molecule has 3 heterocycles. The van der Waals surface area contributed by atoms with Crippen molar-refractivity contribution in [1.29, 1.82) is 0 Å². The van der Waals surface area contributed by atoms with Crippen molar-refractivity contribution in [2.45, 2.75) is 39.2 Å². The second kappa shape index (κ2) is 5.17. The third kappa shape index (κ3) is 2.56. The average molecular weight is 259 g/mol. The van der Waals surface area contributed by atoms with Crippen LogP contribution in [0.15, 0.2) is 12.5 Å². The van der Waals surface area contributed by atoms with Gasteiger partial charge in [0.2, 0.25) is 0 Å². The Morgan fingerprint density at radius 1 is 1.42 bits per heavy atom. The predicted molar refractivity (Wildman–Crippen MR) is 73.9 cm³/mol. The molecule has 102 valence electrons. The molecule has 0 unspecified atom stereocenters. The molecule has 0 bridgehead atoms. The summed E-state index contributed by atoms with van der Waals surface area (Å²) in [5.41, 5.74) is 4.94. The maximum Gasteiger partial charge on any atom is 0.0925 e. The Labute approximate surface area is 113 Å². The molecule has 5 heteroatoms. The minimum Gasteiger partial charge on any atom is -0.348 e. The van der Waals surface area contributed by atoms with Gasteiger partial charge in [0.25, 0.3) is 0 Å². The number of H-pyrrole nitrogens is 2. The molecule has 0 saturated carbocycles. The lowest BCUT2D eigenvalue weighted by Crippen LogP contribution is -2.34. The van der Waals surface area contributed by atoms with Crippen LogP contribution in [0.2, 0.25) is 0 Å². The van der Waals surface area contributed by atoms with Crippen molar-refractivity contribution in [2.24, 2.45) is 0 Å². The lowest BCUT2D eigenvalue weighted by atomic mass is 9.93. The van der Waals surface area contributed by atoms with Crippen LogP contribution in [-0.4, -0.2) is 38.2 Å². The van der Waals surface area contributed by atoms with E-state index in [-0.39, 0.29) is 0 Å². The Morgan fingerprint density at radius 2 is 2.32 bits per heavy atom. The van der Waals surface area contributed by atoms with Crippen LogP contribution in [0.5, 0.6) is 0 Å². The topological polar surface area (TPSA) is 60.6 Å². The number of aromatic amines is 2. The molecule has 1 aliphatic heterocycles. The van der Waals surface area contributed by atoms with Crippen molar-refractivity contribution in [2.75, 3.05) is 13.1 Å². The first kappa shape index (κ1) is 12.4. The summed E-state index contributed by atoms with van der Waals surface area (Å²) < 4.78 is 0. The number of imidazole rings is 1. The van der Waals surface area contributed by atoms with Gasteiger partial charge in [-0.2, -0.15) is 5.10 Å². The zero-order valence-electron chi connectivity index (χ0n) is 11.6. The Kier molecular flexibility index (Phi) is 3.38. The van der Waals surface area contributed by atoms with Gasteiger partial charge in [-0.25, -0.2) is 4.98 Å². The van der Waals surface area contributed by atoms with E-state index in [0.29, 0.717) is 5.92 Å².